The van der Waals surface area contributed by atoms with Gasteiger partial charge in [-0.2, -0.15) is 0 Å². The SMILES string of the molecule is CC.CCC.c1cc(-c2cc(-c3ccc4oc5ccccc5c4c3)cc(-c3ccc4oc5ccccc5c4c3)c2)cc(-c2ccc3oc4ccc(-c5ccc6oc7ccccc7c6c5)cc4c3c2)c1. The maximum absolute atomic E-state index is 6.42. The van der Waals surface area contributed by atoms with Crippen LogP contribution in [0.4, 0.5) is 0 Å². The van der Waals surface area contributed by atoms with Gasteiger partial charge in [0, 0.05) is 43.1 Å². The van der Waals surface area contributed by atoms with Crippen molar-refractivity contribution in [2.75, 3.05) is 0 Å². The summed E-state index contributed by atoms with van der Waals surface area (Å²) in [7, 11) is 0. The lowest BCUT2D eigenvalue weighted by atomic mass is 9.91. The second-order valence-electron chi connectivity index (χ2n) is 17.5. The van der Waals surface area contributed by atoms with Crippen molar-refractivity contribution in [2.45, 2.75) is 34.1 Å². The van der Waals surface area contributed by atoms with Crippen LogP contribution in [0.1, 0.15) is 34.1 Å². The monoisotopic (exact) mass is 892 g/mol. The molecular weight excluding hydrogens is 845 g/mol. The first-order chi connectivity index (χ1) is 34.0. The number of hydrogen-bond donors (Lipinski definition) is 0. The Morgan fingerprint density at radius 3 is 0.754 bits per heavy atom. The van der Waals surface area contributed by atoms with Crippen LogP contribution in [0.5, 0.6) is 0 Å². The van der Waals surface area contributed by atoms with E-state index >= 15 is 0 Å². The molecule has 69 heavy (non-hydrogen) atoms. The Morgan fingerprint density at radius 2 is 0.435 bits per heavy atom. The number of hydrogen-bond acceptors (Lipinski definition) is 4. The summed E-state index contributed by atoms with van der Waals surface area (Å²) < 4.78 is 25.0. The molecule has 0 saturated carbocycles. The number of para-hydroxylation sites is 3. The second kappa shape index (κ2) is 17.2. The molecule has 4 nitrogen and oxygen atoms in total. The van der Waals surface area contributed by atoms with E-state index in [0.29, 0.717) is 0 Å². The Kier molecular flexibility index (Phi) is 10.4. The smallest absolute Gasteiger partial charge is 0.135 e. The van der Waals surface area contributed by atoms with Crippen LogP contribution >= 0.6 is 0 Å². The highest BCUT2D eigenvalue weighted by atomic mass is 16.3. The highest BCUT2D eigenvalue weighted by Crippen LogP contribution is 2.41. The minimum Gasteiger partial charge on any atom is -0.456 e. The Morgan fingerprint density at radius 1 is 0.217 bits per heavy atom. The molecule has 0 saturated heterocycles. The molecule has 0 spiro atoms. The standard InChI is InChI=1S/C60H34O4.C3H8.C2H6/c1-4-13-53-45(10-1)48-30-38(17-21-56(48)61-53)39-18-23-60-52(32-39)51-31-37(16-22-59(51)64-60)35-8-7-9-36(26-35)42-27-43(40-19-24-57-49(33-40)46-11-2-5-14-54(46)62-57)29-44(28-42)41-20-25-58-50(34-41)47-12-3-6-15-55(47)63-58;1-3-2;1-2/h1-34H;3H2,1-2H3;1-2H3. The molecule has 0 aliphatic carbocycles. The van der Waals surface area contributed by atoms with Gasteiger partial charge in [-0.1, -0.05) is 137 Å². The van der Waals surface area contributed by atoms with Gasteiger partial charge in [-0.3, -0.25) is 0 Å². The van der Waals surface area contributed by atoms with Crippen molar-refractivity contribution in [1.29, 1.82) is 0 Å². The van der Waals surface area contributed by atoms with Crippen molar-refractivity contribution in [3.05, 3.63) is 206 Å². The molecule has 14 aromatic rings. The van der Waals surface area contributed by atoms with Crippen molar-refractivity contribution in [3.63, 3.8) is 0 Å². The van der Waals surface area contributed by atoms with E-state index in [4.69, 9.17) is 17.7 Å². The lowest BCUT2D eigenvalue weighted by Crippen LogP contribution is -1.87. The maximum atomic E-state index is 6.42. The number of rotatable bonds is 5. The molecule has 0 N–H and O–H groups in total. The first kappa shape index (κ1) is 41.8. The Bertz CT molecular complexity index is 4100. The lowest BCUT2D eigenvalue weighted by Gasteiger charge is -2.13. The second-order valence-corrected chi connectivity index (χ2v) is 17.5. The number of furan rings is 4. The van der Waals surface area contributed by atoms with Crippen molar-refractivity contribution in [3.8, 4) is 55.6 Å². The molecule has 0 bridgehead atoms. The zero-order valence-corrected chi connectivity index (χ0v) is 39.0. The van der Waals surface area contributed by atoms with Gasteiger partial charge in [0.05, 0.1) is 0 Å². The summed E-state index contributed by atoms with van der Waals surface area (Å²) in [6, 6.07) is 73.1. The fourth-order valence-corrected chi connectivity index (χ4v) is 9.86. The summed E-state index contributed by atoms with van der Waals surface area (Å²) in [6.45, 7) is 8.25. The van der Waals surface area contributed by atoms with E-state index in [1.54, 1.807) is 0 Å². The quantitative estimate of drug-likeness (QED) is 0.173. The zero-order chi connectivity index (χ0) is 46.6. The van der Waals surface area contributed by atoms with Gasteiger partial charge < -0.3 is 17.7 Å². The molecule has 332 valence electrons. The molecule has 0 radical (unpaired) electrons. The van der Waals surface area contributed by atoms with E-state index in [2.05, 4.69) is 184 Å². The molecule has 4 heteroatoms. The lowest BCUT2D eigenvalue weighted by molar-refractivity contribution is 0.668. The van der Waals surface area contributed by atoms with Crippen LogP contribution in [0.25, 0.3) is 143 Å². The van der Waals surface area contributed by atoms with Gasteiger partial charge >= 0.3 is 0 Å². The van der Waals surface area contributed by atoms with E-state index < -0.39 is 0 Å². The van der Waals surface area contributed by atoms with Gasteiger partial charge in [0.15, 0.2) is 0 Å². The molecule has 14 rings (SSSR count). The van der Waals surface area contributed by atoms with Gasteiger partial charge in [-0.05, 0) is 159 Å². The summed E-state index contributed by atoms with van der Waals surface area (Å²) in [5, 5.41) is 8.86. The third-order valence-electron chi connectivity index (χ3n) is 13.1. The molecule has 0 atom stereocenters. The molecule has 0 unspecified atom stereocenters. The summed E-state index contributed by atoms with van der Waals surface area (Å²) >= 11 is 0. The number of fused-ring (bicyclic) bond motifs is 12. The Hall–Kier alpha value is -8.60. The van der Waals surface area contributed by atoms with Gasteiger partial charge in [0.2, 0.25) is 0 Å². The molecule has 0 amide bonds. The van der Waals surface area contributed by atoms with E-state index in [1.807, 2.05) is 50.2 Å². The fraction of sp³-hybridized carbons (Fsp3) is 0.0769. The Labute approximate surface area is 399 Å². The molecule has 0 aliphatic rings. The van der Waals surface area contributed by atoms with Crippen molar-refractivity contribution < 1.29 is 17.7 Å². The minimum absolute atomic E-state index is 0.866. The summed E-state index contributed by atoms with van der Waals surface area (Å²) in [4.78, 5) is 0. The molecule has 4 aromatic heterocycles. The normalized spacial score (nSPS) is 11.5. The van der Waals surface area contributed by atoms with Crippen LogP contribution in [0, 0.1) is 0 Å². The zero-order valence-electron chi connectivity index (χ0n) is 39.0. The van der Waals surface area contributed by atoms with Crippen molar-refractivity contribution in [1.82, 2.24) is 0 Å². The summed E-state index contributed by atoms with van der Waals surface area (Å²) in [5.41, 5.74) is 18.4. The third-order valence-corrected chi connectivity index (χ3v) is 13.1. The third kappa shape index (κ3) is 7.33. The average molecular weight is 893 g/mol. The maximum Gasteiger partial charge on any atom is 0.135 e. The molecule has 10 aromatic carbocycles. The van der Waals surface area contributed by atoms with Crippen molar-refractivity contribution >= 4 is 87.8 Å². The molecule has 0 fully saturated rings. The molecule has 4 heterocycles. The van der Waals surface area contributed by atoms with Crippen LogP contribution < -0.4 is 0 Å². The largest absolute Gasteiger partial charge is 0.456 e. The van der Waals surface area contributed by atoms with Crippen molar-refractivity contribution in [2.24, 2.45) is 0 Å². The topological polar surface area (TPSA) is 52.6 Å². The van der Waals surface area contributed by atoms with E-state index in [-0.39, 0.29) is 0 Å². The minimum atomic E-state index is 0.866. The van der Waals surface area contributed by atoms with E-state index in [0.717, 1.165) is 143 Å². The highest BCUT2D eigenvalue weighted by molar-refractivity contribution is 6.11. The van der Waals surface area contributed by atoms with Gasteiger partial charge in [0.1, 0.15) is 44.7 Å². The van der Waals surface area contributed by atoms with Crippen LogP contribution in [0.2, 0.25) is 0 Å². The summed E-state index contributed by atoms with van der Waals surface area (Å²) in [5.74, 6) is 0. The fourth-order valence-electron chi connectivity index (χ4n) is 9.86. The van der Waals surface area contributed by atoms with Crippen LogP contribution in [-0.2, 0) is 0 Å². The van der Waals surface area contributed by atoms with Crippen LogP contribution in [0.15, 0.2) is 224 Å². The average Bonchev–Trinajstić information content (AvgIpc) is 4.18. The predicted octanol–water partition coefficient (Wildman–Crippen LogP) is 20.1. The highest BCUT2D eigenvalue weighted by Gasteiger charge is 2.16. The van der Waals surface area contributed by atoms with Gasteiger partial charge in [0.25, 0.3) is 0 Å². The van der Waals surface area contributed by atoms with Crippen LogP contribution in [-0.4, -0.2) is 0 Å². The predicted molar refractivity (Wildman–Crippen MR) is 290 cm³/mol. The van der Waals surface area contributed by atoms with Gasteiger partial charge in [-0.15, -0.1) is 0 Å². The number of benzene rings is 10. The van der Waals surface area contributed by atoms with Gasteiger partial charge in [-0.25, -0.2) is 0 Å². The summed E-state index contributed by atoms with van der Waals surface area (Å²) in [6.07, 6.45) is 1.25. The first-order valence-electron chi connectivity index (χ1n) is 24.0. The molecule has 0 aliphatic heterocycles. The van der Waals surface area contributed by atoms with E-state index in [9.17, 15) is 0 Å². The first-order valence-corrected chi connectivity index (χ1v) is 24.0. The van der Waals surface area contributed by atoms with E-state index in [1.165, 1.54) is 6.42 Å². The molecular formula is C65H48O4. The van der Waals surface area contributed by atoms with Crippen LogP contribution in [0.3, 0.4) is 0 Å². The Balaban J connectivity index is 0.000000950.